The second kappa shape index (κ2) is 6.28. The molecule has 1 aromatic carbocycles. The molecular weight excluding hydrogens is 292 g/mol. The molecule has 1 unspecified atom stereocenters. The largest absolute Gasteiger partial charge is 0.376 e. The van der Waals surface area contributed by atoms with Gasteiger partial charge >= 0.3 is 0 Å². The molecule has 2 aromatic rings. The van der Waals surface area contributed by atoms with Crippen LogP contribution in [0, 0.1) is 0 Å². The summed E-state index contributed by atoms with van der Waals surface area (Å²) in [7, 11) is -3.28. The molecule has 6 heteroatoms. The minimum atomic E-state index is -3.28. The van der Waals surface area contributed by atoms with Crippen LogP contribution in [-0.4, -0.2) is 14.7 Å². The van der Waals surface area contributed by atoms with E-state index in [1.165, 1.54) is 4.88 Å². The van der Waals surface area contributed by atoms with Gasteiger partial charge in [-0.05, 0) is 30.0 Å². The van der Waals surface area contributed by atoms with E-state index in [1.54, 1.807) is 17.4 Å². The van der Waals surface area contributed by atoms with E-state index in [1.807, 2.05) is 29.6 Å². The van der Waals surface area contributed by atoms with E-state index in [0.717, 1.165) is 18.4 Å². The van der Waals surface area contributed by atoms with Gasteiger partial charge in [0.05, 0.1) is 23.7 Å². The fourth-order valence-electron chi connectivity index (χ4n) is 1.95. The Balaban J connectivity index is 2.24. The van der Waals surface area contributed by atoms with Crippen molar-refractivity contribution in [1.82, 2.24) is 0 Å². The quantitative estimate of drug-likeness (QED) is 0.855. The Bertz CT molecular complexity index is 652. The third kappa shape index (κ3) is 3.98. The zero-order chi connectivity index (χ0) is 14.6. The van der Waals surface area contributed by atoms with Crippen LogP contribution in [0.3, 0.4) is 0 Å². The zero-order valence-corrected chi connectivity index (χ0v) is 13.1. The molecule has 0 saturated heterocycles. The van der Waals surface area contributed by atoms with Crippen LogP contribution >= 0.6 is 11.3 Å². The van der Waals surface area contributed by atoms with Gasteiger partial charge in [0.25, 0.3) is 0 Å². The van der Waals surface area contributed by atoms with Crippen molar-refractivity contribution in [2.45, 2.75) is 19.4 Å². The first-order chi connectivity index (χ1) is 9.49. The topological polar surface area (TPSA) is 58.2 Å². The highest BCUT2D eigenvalue weighted by molar-refractivity contribution is 7.92. The number of benzene rings is 1. The molecule has 2 N–H and O–H groups in total. The van der Waals surface area contributed by atoms with Gasteiger partial charge in [-0.15, -0.1) is 11.3 Å². The SMILES string of the molecule is CCC(Nc1ccccc1NS(C)(=O)=O)c1cccs1. The summed E-state index contributed by atoms with van der Waals surface area (Å²) < 4.78 is 25.3. The normalized spacial score (nSPS) is 12.9. The van der Waals surface area contributed by atoms with Crippen LogP contribution in [0.1, 0.15) is 24.3 Å². The molecule has 0 aliphatic carbocycles. The van der Waals surface area contributed by atoms with Crippen LogP contribution in [-0.2, 0) is 10.0 Å². The average molecular weight is 310 g/mol. The summed E-state index contributed by atoms with van der Waals surface area (Å²) in [5.74, 6) is 0. The number of hydrogen-bond donors (Lipinski definition) is 2. The third-order valence-electron chi connectivity index (χ3n) is 2.85. The van der Waals surface area contributed by atoms with Crippen LogP contribution < -0.4 is 10.0 Å². The van der Waals surface area contributed by atoms with Crippen molar-refractivity contribution in [2.24, 2.45) is 0 Å². The Morgan fingerprint density at radius 1 is 1.15 bits per heavy atom. The van der Waals surface area contributed by atoms with Gasteiger partial charge in [-0.3, -0.25) is 4.72 Å². The predicted molar refractivity (Wildman–Crippen MR) is 85.9 cm³/mol. The van der Waals surface area contributed by atoms with E-state index < -0.39 is 10.0 Å². The summed E-state index contributed by atoms with van der Waals surface area (Å²) in [6, 6.07) is 11.6. The Labute approximate surface area is 123 Å². The summed E-state index contributed by atoms with van der Waals surface area (Å²) in [6.45, 7) is 2.10. The molecule has 0 aliphatic heterocycles. The summed E-state index contributed by atoms with van der Waals surface area (Å²) in [5, 5.41) is 5.45. The van der Waals surface area contributed by atoms with Crippen molar-refractivity contribution in [2.75, 3.05) is 16.3 Å². The third-order valence-corrected chi connectivity index (χ3v) is 4.42. The van der Waals surface area contributed by atoms with Crippen molar-refractivity contribution in [3.8, 4) is 0 Å². The molecule has 0 saturated carbocycles. The Morgan fingerprint density at radius 2 is 1.85 bits per heavy atom. The second-order valence-electron chi connectivity index (χ2n) is 4.54. The van der Waals surface area contributed by atoms with Crippen LogP contribution in [0.15, 0.2) is 41.8 Å². The minimum absolute atomic E-state index is 0.178. The van der Waals surface area contributed by atoms with Gasteiger partial charge in [-0.1, -0.05) is 25.1 Å². The summed E-state index contributed by atoms with van der Waals surface area (Å²) in [5.41, 5.74) is 1.36. The first-order valence-electron chi connectivity index (χ1n) is 6.36. The molecule has 0 radical (unpaired) electrons. The van der Waals surface area contributed by atoms with E-state index in [-0.39, 0.29) is 6.04 Å². The monoisotopic (exact) mass is 310 g/mol. The molecule has 2 rings (SSSR count). The number of rotatable bonds is 6. The number of thiophene rings is 1. The predicted octanol–water partition coefficient (Wildman–Crippen LogP) is 3.68. The lowest BCUT2D eigenvalue weighted by Crippen LogP contribution is -2.14. The Morgan fingerprint density at radius 3 is 2.40 bits per heavy atom. The lowest BCUT2D eigenvalue weighted by Gasteiger charge is -2.19. The molecule has 1 aromatic heterocycles. The molecule has 1 atom stereocenters. The zero-order valence-electron chi connectivity index (χ0n) is 11.5. The van der Waals surface area contributed by atoms with Crippen LogP contribution in [0.5, 0.6) is 0 Å². The van der Waals surface area contributed by atoms with Gasteiger partial charge in [0.1, 0.15) is 0 Å². The van der Waals surface area contributed by atoms with E-state index >= 15 is 0 Å². The summed E-state index contributed by atoms with van der Waals surface area (Å²) >= 11 is 1.69. The van der Waals surface area contributed by atoms with Gasteiger partial charge in [0.15, 0.2) is 0 Å². The number of sulfonamides is 1. The van der Waals surface area contributed by atoms with Gasteiger partial charge in [-0.2, -0.15) is 0 Å². The van der Waals surface area contributed by atoms with E-state index in [0.29, 0.717) is 5.69 Å². The summed E-state index contributed by atoms with van der Waals surface area (Å²) in [4.78, 5) is 1.24. The number of hydrogen-bond acceptors (Lipinski definition) is 4. The maximum absolute atomic E-state index is 11.4. The van der Waals surface area contributed by atoms with Gasteiger partial charge in [0.2, 0.25) is 10.0 Å². The number of para-hydroxylation sites is 2. The first-order valence-corrected chi connectivity index (χ1v) is 9.13. The molecule has 1 heterocycles. The molecule has 0 spiro atoms. The average Bonchev–Trinajstić information content (AvgIpc) is 2.89. The highest BCUT2D eigenvalue weighted by Crippen LogP contribution is 2.30. The fraction of sp³-hybridized carbons (Fsp3) is 0.286. The highest BCUT2D eigenvalue weighted by atomic mass is 32.2. The standard InChI is InChI=1S/C14H18N2O2S2/c1-3-11(14-9-6-10-19-14)15-12-7-4-5-8-13(12)16-20(2,17)18/h4-11,15-16H,3H2,1-2H3. The molecule has 0 bridgehead atoms. The molecule has 0 fully saturated rings. The van der Waals surface area contributed by atoms with Crippen molar-refractivity contribution in [1.29, 1.82) is 0 Å². The molecular formula is C14H18N2O2S2. The van der Waals surface area contributed by atoms with Crippen molar-refractivity contribution >= 4 is 32.7 Å². The van der Waals surface area contributed by atoms with Crippen molar-refractivity contribution in [3.63, 3.8) is 0 Å². The summed E-state index contributed by atoms with van der Waals surface area (Å²) in [6.07, 6.45) is 2.08. The molecule has 20 heavy (non-hydrogen) atoms. The van der Waals surface area contributed by atoms with E-state index in [4.69, 9.17) is 0 Å². The molecule has 108 valence electrons. The van der Waals surface area contributed by atoms with Gasteiger partial charge < -0.3 is 5.32 Å². The van der Waals surface area contributed by atoms with E-state index in [9.17, 15) is 8.42 Å². The van der Waals surface area contributed by atoms with Crippen molar-refractivity contribution in [3.05, 3.63) is 46.7 Å². The smallest absolute Gasteiger partial charge is 0.229 e. The molecule has 0 amide bonds. The number of anilines is 2. The Kier molecular flexibility index (Phi) is 4.67. The molecule has 0 aliphatic rings. The first kappa shape index (κ1) is 14.9. The highest BCUT2D eigenvalue weighted by Gasteiger charge is 2.13. The van der Waals surface area contributed by atoms with E-state index in [2.05, 4.69) is 23.0 Å². The van der Waals surface area contributed by atoms with Crippen LogP contribution in [0.2, 0.25) is 0 Å². The van der Waals surface area contributed by atoms with Crippen LogP contribution in [0.25, 0.3) is 0 Å². The fourth-order valence-corrected chi connectivity index (χ4v) is 3.39. The van der Waals surface area contributed by atoms with Crippen molar-refractivity contribution < 1.29 is 8.42 Å². The van der Waals surface area contributed by atoms with Gasteiger partial charge in [-0.25, -0.2) is 8.42 Å². The van der Waals surface area contributed by atoms with Crippen LogP contribution in [0.4, 0.5) is 11.4 Å². The maximum Gasteiger partial charge on any atom is 0.229 e. The number of nitrogens with one attached hydrogen (secondary N) is 2. The second-order valence-corrected chi connectivity index (χ2v) is 7.27. The maximum atomic E-state index is 11.4. The lowest BCUT2D eigenvalue weighted by atomic mass is 10.1. The minimum Gasteiger partial charge on any atom is -0.376 e. The van der Waals surface area contributed by atoms with Gasteiger partial charge in [0, 0.05) is 4.88 Å². The molecule has 4 nitrogen and oxygen atoms in total. The Hall–Kier alpha value is -1.53. The lowest BCUT2D eigenvalue weighted by molar-refractivity contribution is 0.607.